The normalized spacial score (nSPS) is 10.9. The molecule has 0 amide bonds. The van der Waals surface area contributed by atoms with Crippen LogP contribution in [0, 0.1) is 21.4 Å². The molecule has 0 fully saturated rings. The molecule has 2 rings (SSSR count). The lowest BCUT2D eigenvalue weighted by Gasteiger charge is -1.96. The predicted molar refractivity (Wildman–Crippen MR) is 65.3 cm³/mol. The first kappa shape index (κ1) is 11.6. The van der Waals surface area contributed by atoms with Gasteiger partial charge in [-0.25, -0.2) is 0 Å². The number of allylic oxidation sites excluding steroid dienone is 1. The maximum Gasteiger partial charge on any atom is 0.433 e. The fraction of sp³-hybridized carbons (Fsp3) is 0. The lowest BCUT2D eigenvalue weighted by atomic mass is 10.1. The molecule has 2 aromatic rings. The van der Waals surface area contributed by atoms with Crippen LogP contribution in [0.15, 0.2) is 46.9 Å². The van der Waals surface area contributed by atoms with Gasteiger partial charge in [-0.05, 0) is 17.7 Å². The molecule has 18 heavy (non-hydrogen) atoms. The number of nitriles is 1. The highest BCUT2D eigenvalue weighted by atomic mass is 16.6. The van der Waals surface area contributed by atoms with E-state index in [1.807, 2.05) is 24.3 Å². The van der Waals surface area contributed by atoms with Crippen LogP contribution in [0.3, 0.4) is 0 Å². The number of hydrogen-bond acceptors (Lipinski definition) is 4. The van der Waals surface area contributed by atoms with Gasteiger partial charge >= 0.3 is 5.88 Å². The van der Waals surface area contributed by atoms with Gasteiger partial charge in [0.2, 0.25) is 0 Å². The zero-order valence-corrected chi connectivity index (χ0v) is 9.24. The molecule has 0 atom stereocenters. The van der Waals surface area contributed by atoms with Crippen molar-refractivity contribution in [2.45, 2.75) is 0 Å². The highest BCUT2D eigenvalue weighted by Gasteiger charge is 2.11. The van der Waals surface area contributed by atoms with Crippen molar-refractivity contribution in [1.29, 1.82) is 5.26 Å². The maximum atomic E-state index is 10.5. The van der Waals surface area contributed by atoms with Gasteiger partial charge in [0.05, 0.1) is 17.7 Å². The molecule has 0 N–H and O–H groups in total. The van der Waals surface area contributed by atoms with E-state index in [4.69, 9.17) is 9.68 Å². The lowest BCUT2D eigenvalue weighted by Crippen LogP contribution is -1.83. The molecule has 5 nitrogen and oxygen atoms in total. The summed E-state index contributed by atoms with van der Waals surface area (Å²) in [5.41, 5.74) is 1.12. The number of benzene rings is 1. The van der Waals surface area contributed by atoms with E-state index in [1.54, 1.807) is 12.1 Å². The second-order valence-electron chi connectivity index (χ2n) is 3.47. The smallest absolute Gasteiger partial charge is 0.401 e. The van der Waals surface area contributed by atoms with Gasteiger partial charge in [0.25, 0.3) is 0 Å². The van der Waals surface area contributed by atoms with E-state index in [1.165, 1.54) is 18.2 Å². The summed E-state index contributed by atoms with van der Waals surface area (Å²) in [5.74, 6) is -0.0614. The van der Waals surface area contributed by atoms with E-state index in [-0.39, 0.29) is 11.6 Å². The van der Waals surface area contributed by atoms with Gasteiger partial charge in [0.15, 0.2) is 0 Å². The van der Waals surface area contributed by atoms with Gasteiger partial charge in [0, 0.05) is 0 Å². The highest BCUT2D eigenvalue weighted by molar-refractivity contribution is 5.88. The molecule has 0 aliphatic heterocycles. The number of nitro groups is 1. The lowest BCUT2D eigenvalue weighted by molar-refractivity contribution is -0.402. The summed E-state index contributed by atoms with van der Waals surface area (Å²) in [6.07, 6.45) is 1.47. The summed E-state index contributed by atoms with van der Waals surface area (Å²) in [4.78, 5) is 9.85. The molecule has 0 saturated carbocycles. The van der Waals surface area contributed by atoms with Crippen molar-refractivity contribution < 1.29 is 9.34 Å². The minimum atomic E-state index is -0.619. The van der Waals surface area contributed by atoms with E-state index in [0.29, 0.717) is 5.57 Å². The zero-order chi connectivity index (χ0) is 13.0. The molecule has 0 aliphatic rings. The molecular formula is C13H8N2O3. The number of nitrogens with zero attached hydrogens (tertiary/aromatic N) is 2. The molecule has 0 bridgehead atoms. The molecule has 0 radical (unpaired) electrons. The van der Waals surface area contributed by atoms with E-state index < -0.39 is 4.92 Å². The first-order valence-electron chi connectivity index (χ1n) is 5.12. The summed E-state index contributed by atoms with van der Waals surface area (Å²) in [5, 5.41) is 19.5. The molecule has 1 aromatic carbocycles. The molecule has 0 saturated heterocycles. The Bertz CT molecular complexity index is 636. The van der Waals surface area contributed by atoms with Crippen molar-refractivity contribution >= 4 is 17.5 Å². The highest BCUT2D eigenvalue weighted by Crippen LogP contribution is 2.21. The third kappa shape index (κ3) is 2.44. The summed E-state index contributed by atoms with van der Waals surface area (Å²) >= 11 is 0. The van der Waals surface area contributed by atoms with Gasteiger partial charge in [-0.2, -0.15) is 5.26 Å². The third-order valence-corrected chi connectivity index (χ3v) is 2.28. The average Bonchev–Trinajstić information content (AvgIpc) is 2.86. The molecule has 88 valence electrons. The van der Waals surface area contributed by atoms with Crippen LogP contribution >= 0.6 is 0 Å². The van der Waals surface area contributed by atoms with Crippen molar-refractivity contribution in [2.24, 2.45) is 0 Å². The largest absolute Gasteiger partial charge is 0.433 e. The fourth-order valence-electron chi connectivity index (χ4n) is 1.46. The Labute approximate surface area is 103 Å². The Morgan fingerprint density at radius 2 is 2.00 bits per heavy atom. The molecule has 1 aromatic heterocycles. The number of rotatable bonds is 3. The van der Waals surface area contributed by atoms with Crippen molar-refractivity contribution in [3.63, 3.8) is 0 Å². The van der Waals surface area contributed by atoms with E-state index in [2.05, 4.69) is 0 Å². The van der Waals surface area contributed by atoms with Gasteiger partial charge in [-0.3, -0.25) is 10.1 Å². The Hall–Kier alpha value is -2.87. The second-order valence-corrected chi connectivity index (χ2v) is 3.47. The van der Waals surface area contributed by atoms with Crippen LogP contribution in [0.5, 0.6) is 0 Å². The summed E-state index contributed by atoms with van der Waals surface area (Å²) < 4.78 is 4.97. The summed E-state index contributed by atoms with van der Waals surface area (Å²) in [6.45, 7) is 0. The molecule has 1 heterocycles. The minimum Gasteiger partial charge on any atom is -0.401 e. The van der Waals surface area contributed by atoms with Gasteiger partial charge in [-0.15, -0.1) is 0 Å². The monoisotopic (exact) mass is 240 g/mol. The molecular weight excluding hydrogens is 232 g/mol. The van der Waals surface area contributed by atoms with Gasteiger partial charge in [0.1, 0.15) is 10.7 Å². The third-order valence-electron chi connectivity index (χ3n) is 2.28. The Morgan fingerprint density at radius 3 is 2.56 bits per heavy atom. The van der Waals surface area contributed by atoms with Crippen LogP contribution in [0.2, 0.25) is 0 Å². The van der Waals surface area contributed by atoms with Crippen LogP contribution < -0.4 is 0 Å². The first-order valence-corrected chi connectivity index (χ1v) is 5.12. The first-order chi connectivity index (χ1) is 8.70. The standard InChI is InChI=1S/C13H8N2O3/c14-9-11(10-4-2-1-3-5-10)8-12-6-7-13(18-12)15(16)17/h1-8H/b11-8+. The predicted octanol–water partition coefficient (Wildman–Crippen LogP) is 3.25. The fourth-order valence-corrected chi connectivity index (χ4v) is 1.46. The second kappa shape index (κ2) is 4.97. The average molecular weight is 240 g/mol. The van der Waals surface area contributed by atoms with E-state index >= 15 is 0 Å². The molecule has 0 spiro atoms. The van der Waals surface area contributed by atoms with E-state index in [0.717, 1.165) is 5.56 Å². The topological polar surface area (TPSA) is 80.1 Å². The number of furan rings is 1. The van der Waals surface area contributed by atoms with Crippen LogP contribution in [0.25, 0.3) is 11.6 Å². The number of hydrogen-bond donors (Lipinski definition) is 0. The zero-order valence-electron chi connectivity index (χ0n) is 9.24. The molecule has 5 heteroatoms. The van der Waals surface area contributed by atoms with Crippen LogP contribution in [0.1, 0.15) is 11.3 Å². The summed E-state index contributed by atoms with van der Waals surface area (Å²) in [6, 6.07) is 13.8. The Morgan fingerprint density at radius 1 is 1.28 bits per heavy atom. The van der Waals surface area contributed by atoms with Crippen molar-refractivity contribution in [3.05, 3.63) is 63.9 Å². The summed E-state index contributed by atoms with van der Waals surface area (Å²) in [7, 11) is 0. The Kier molecular flexibility index (Phi) is 3.21. The van der Waals surface area contributed by atoms with Gasteiger partial charge in [-0.1, -0.05) is 30.3 Å². The van der Waals surface area contributed by atoms with Crippen LogP contribution in [-0.2, 0) is 0 Å². The van der Waals surface area contributed by atoms with Gasteiger partial charge < -0.3 is 4.42 Å². The van der Waals surface area contributed by atoms with Crippen molar-refractivity contribution in [2.75, 3.05) is 0 Å². The van der Waals surface area contributed by atoms with Crippen molar-refractivity contribution in [3.8, 4) is 6.07 Å². The maximum absolute atomic E-state index is 10.5. The Balaban J connectivity index is 2.36. The van der Waals surface area contributed by atoms with Crippen molar-refractivity contribution in [1.82, 2.24) is 0 Å². The van der Waals surface area contributed by atoms with Crippen LogP contribution in [0.4, 0.5) is 5.88 Å². The minimum absolute atomic E-state index is 0.280. The molecule has 0 aliphatic carbocycles. The quantitative estimate of drug-likeness (QED) is 0.468. The van der Waals surface area contributed by atoms with Crippen LogP contribution in [-0.4, -0.2) is 4.92 Å². The molecule has 0 unspecified atom stereocenters. The SMILES string of the molecule is N#C/C(=C\c1ccc([N+](=O)[O-])o1)c1ccccc1. The van der Waals surface area contributed by atoms with E-state index in [9.17, 15) is 10.1 Å².